The highest BCUT2D eigenvalue weighted by molar-refractivity contribution is 6.11. The zero-order chi connectivity index (χ0) is 44.0. The lowest BCUT2D eigenvalue weighted by Crippen LogP contribution is -2.58. The summed E-state index contributed by atoms with van der Waals surface area (Å²) < 4.78 is 31.0. The largest absolute Gasteiger partial charge is 0.492 e. The minimum absolute atomic E-state index is 0.0109. The van der Waals surface area contributed by atoms with E-state index in [1.165, 1.54) is 0 Å². The molecule has 14 heteroatoms. The van der Waals surface area contributed by atoms with E-state index in [1.54, 1.807) is 14.0 Å². The van der Waals surface area contributed by atoms with E-state index in [0.717, 1.165) is 54.5 Å². The zero-order valence-corrected chi connectivity index (χ0v) is 36.0. The van der Waals surface area contributed by atoms with Gasteiger partial charge in [-0.2, -0.15) is 0 Å². The molecule has 7 unspecified atom stereocenters. The van der Waals surface area contributed by atoms with Crippen LogP contribution in [0.1, 0.15) is 79.2 Å². The average Bonchev–Trinajstić information content (AvgIpc) is 3.96. The Morgan fingerprint density at radius 1 is 1.10 bits per heavy atom. The first kappa shape index (κ1) is 43.4. The van der Waals surface area contributed by atoms with Crippen LogP contribution in [-0.4, -0.2) is 120 Å². The van der Waals surface area contributed by atoms with Crippen molar-refractivity contribution in [1.29, 1.82) is 0 Å². The summed E-state index contributed by atoms with van der Waals surface area (Å²) in [5.74, 6) is -2.77. The highest BCUT2D eigenvalue weighted by Crippen LogP contribution is 2.58. The first-order chi connectivity index (χ1) is 30.7. The third-order valence-corrected chi connectivity index (χ3v) is 14.5. The number of ether oxygens (including phenoxy) is 5. The van der Waals surface area contributed by atoms with E-state index < -0.39 is 42.7 Å². The number of carbonyl (C=O) groups excluding carboxylic acids is 3. The number of aliphatic hydroxyl groups is 4. The number of Topliss-reactive ketones (excluding diaryl/α,β-unsaturated/α-hetero) is 1. The number of H-pyrrole nitrogens is 1. The second kappa shape index (κ2) is 18.0. The lowest BCUT2D eigenvalue weighted by atomic mass is 9.66. The second-order valence-corrected chi connectivity index (χ2v) is 18.0. The number of fused-ring (bicyclic) bond motifs is 8. The number of methoxy groups -OCH3 is 1. The molecule has 5 heterocycles. The van der Waals surface area contributed by atoms with Gasteiger partial charge in [-0.15, -0.1) is 0 Å². The number of hydrogen-bond acceptors (Lipinski definition) is 13. The van der Waals surface area contributed by atoms with Crippen LogP contribution < -0.4 is 14.2 Å². The molecule has 336 valence electrons. The Bertz CT molecular complexity index is 2380. The fourth-order valence-electron chi connectivity index (χ4n) is 11.3. The Morgan fingerprint density at radius 2 is 1.95 bits per heavy atom. The predicted molar refractivity (Wildman–Crippen MR) is 231 cm³/mol. The van der Waals surface area contributed by atoms with Gasteiger partial charge in [0.05, 0.1) is 43.1 Å². The molecule has 0 amide bonds. The van der Waals surface area contributed by atoms with E-state index in [9.17, 15) is 34.8 Å². The molecular weight excluding hydrogens is 809 g/mol. The van der Waals surface area contributed by atoms with Crippen LogP contribution >= 0.6 is 0 Å². The molecule has 9 rings (SSSR count). The molecule has 2 aliphatic carbocycles. The molecule has 0 radical (unpaired) electrons. The van der Waals surface area contributed by atoms with Gasteiger partial charge >= 0.3 is 5.97 Å². The van der Waals surface area contributed by atoms with E-state index in [1.807, 2.05) is 30.5 Å². The third-order valence-electron chi connectivity index (χ3n) is 14.5. The van der Waals surface area contributed by atoms with Crippen molar-refractivity contribution in [2.24, 2.45) is 23.7 Å². The number of rotatable bonds is 11. The Balaban J connectivity index is 1.23. The number of piperidine rings is 1. The van der Waals surface area contributed by atoms with Gasteiger partial charge in [0.25, 0.3) is 0 Å². The van der Waals surface area contributed by atoms with Crippen molar-refractivity contribution in [2.75, 3.05) is 59.8 Å². The summed E-state index contributed by atoms with van der Waals surface area (Å²) in [5, 5.41) is 46.8. The van der Waals surface area contributed by atoms with Gasteiger partial charge in [-0.25, -0.2) is 4.79 Å². The van der Waals surface area contributed by atoms with Gasteiger partial charge in [-0.3, -0.25) is 9.59 Å². The standard InChI is InChI=1S/C49H58N2O12/c1-3-60-48(57)47-36(24-54)41-31-16-32(23-53)43(56)34(18-31)33-17-29-9-12-50-39(29)19-28(33)8-7-27(22-52)26-61-45-35-20-40(62-44(35)37(25-55)46(63-47)42(41)45)49(58)11-4-6-30-21-51(13-5-15-59-2)14-10-38(30)49/h4,6,9,12,17,19,24,27,30,32,34,38,40,50,52-53,55,58H,3,5,7-8,10-11,13-16,18,20-23,25-26H2,1-2H3. The monoisotopic (exact) mass is 866 g/mol. The van der Waals surface area contributed by atoms with Gasteiger partial charge in [-0.1, -0.05) is 17.7 Å². The summed E-state index contributed by atoms with van der Waals surface area (Å²) in [4.78, 5) is 47.5. The Morgan fingerprint density at radius 3 is 2.71 bits per heavy atom. The quantitative estimate of drug-likeness (QED) is 0.0784. The SMILES string of the molecule is CCOC(=O)C1=C(C=O)C2=C3CC(CO)C(=O)C(C3)c3cc4cc[nH]c4cc3CCC(CO)COc3c4c(c(CO)c(c32)O1)OC(C1(O)CC=CC2CN(CCCOC)CCC21)C4. The van der Waals surface area contributed by atoms with Crippen molar-refractivity contribution in [2.45, 2.75) is 82.5 Å². The predicted octanol–water partition coefficient (Wildman–Crippen LogP) is 4.48. The van der Waals surface area contributed by atoms with Gasteiger partial charge in [-0.05, 0) is 99.0 Å². The molecule has 1 aromatic heterocycles. The number of benzene rings is 2. The molecular formula is C49H58N2O12. The summed E-state index contributed by atoms with van der Waals surface area (Å²) in [6.45, 7) is 3.62. The molecule has 2 bridgehead atoms. The number of nitrogens with one attached hydrogen (secondary N) is 1. The molecule has 4 aliphatic heterocycles. The molecule has 7 atom stereocenters. The van der Waals surface area contributed by atoms with Gasteiger partial charge in [0, 0.05) is 86.4 Å². The highest BCUT2D eigenvalue weighted by Gasteiger charge is 2.54. The molecule has 3 aromatic rings. The Kier molecular flexibility index (Phi) is 12.4. The number of aldehydes is 1. The second-order valence-electron chi connectivity index (χ2n) is 18.0. The Labute approximate surface area is 366 Å². The van der Waals surface area contributed by atoms with Crippen LogP contribution in [0.2, 0.25) is 0 Å². The van der Waals surface area contributed by atoms with E-state index in [0.29, 0.717) is 60.2 Å². The highest BCUT2D eigenvalue weighted by atomic mass is 16.6. The fourth-order valence-corrected chi connectivity index (χ4v) is 11.3. The van der Waals surface area contributed by atoms with Crippen LogP contribution in [0, 0.1) is 23.7 Å². The molecule has 2 fully saturated rings. The Hall–Kier alpha value is -4.83. The van der Waals surface area contributed by atoms with Crippen LogP contribution in [0.25, 0.3) is 16.5 Å². The smallest absolute Gasteiger partial charge is 0.375 e. The normalized spacial score (nSPS) is 28.1. The minimum Gasteiger partial charge on any atom is -0.492 e. The number of aryl methyl sites for hydroxylation is 1. The number of likely N-dealkylation sites (tertiary alicyclic amines) is 1. The number of aromatic amines is 1. The minimum atomic E-state index is -1.29. The van der Waals surface area contributed by atoms with Crippen molar-refractivity contribution in [3.8, 4) is 17.2 Å². The lowest BCUT2D eigenvalue weighted by Gasteiger charge is -2.49. The molecule has 5 N–H and O–H groups in total. The van der Waals surface area contributed by atoms with E-state index in [4.69, 9.17) is 23.7 Å². The summed E-state index contributed by atoms with van der Waals surface area (Å²) in [5.41, 5.74) is 3.25. The number of nitrogens with zero attached hydrogens (tertiary/aromatic N) is 1. The first-order valence-electron chi connectivity index (χ1n) is 22.5. The first-order valence-corrected chi connectivity index (χ1v) is 22.5. The number of ketones is 1. The van der Waals surface area contributed by atoms with Crippen LogP contribution in [0.5, 0.6) is 17.2 Å². The van der Waals surface area contributed by atoms with Gasteiger partial charge < -0.3 is 54.0 Å². The van der Waals surface area contributed by atoms with E-state index in [-0.39, 0.29) is 91.0 Å². The number of allylic oxidation sites excluding steroid dienone is 3. The molecule has 0 spiro atoms. The van der Waals surface area contributed by atoms with E-state index >= 15 is 0 Å². The number of hydrogen-bond donors (Lipinski definition) is 5. The third kappa shape index (κ3) is 7.61. The molecule has 1 saturated heterocycles. The number of aromatic nitrogens is 1. The summed E-state index contributed by atoms with van der Waals surface area (Å²) in [7, 11) is 1.70. The molecule has 2 aromatic carbocycles. The van der Waals surface area contributed by atoms with E-state index in [2.05, 4.69) is 16.0 Å². The topological polar surface area (TPSA) is 197 Å². The molecule has 6 aliphatic rings. The zero-order valence-electron chi connectivity index (χ0n) is 36.0. The summed E-state index contributed by atoms with van der Waals surface area (Å²) in [6.07, 6.45) is 9.35. The summed E-state index contributed by atoms with van der Waals surface area (Å²) >= 11 is 0. The van der Waals surface area contributed by atoms with Gasteiger partial charge in [0.2, 0.25) is 5.76 Å². The van der Waals surface area contributed by atoms with Crippen molar-refractivity contribution >= 4 is 34.5 Å². The molecule has 63 heavy (non-hydrogen) atoms. The molecule has 14 nitrogen and oxygen atoms in total. The van der Waals surface area contributed by atoms with Crippen molar-refractivity contribution in [3.05, 3.63) is 81.3 Å². The van der Waals surface area contributed by atoms with Crippen molar-refractivity contribution < 1.29 is 58.5 Å². The van der Waals surface area contributed by atoms with Crippen LogP contribution in [0.4, 0.5) is 0 Å². The number of aliphatic hydroxyl groups excluding tert-OH is 3. The van der Waals surface area contributed by atoms with Crippen molar-refractivity contribution in [3.63, 3.8) is 0 Å². The van der Waals surface area contributed by atoms with Crippen molar-refractivity contribution in [1.82, 2.24) is 9.88 Å². The van der Waals surface area contributed by atoms with Crippen LogP contribution in [0.3, 0.4) is 0 Å². The van der Waals surface area contributed by atoms with Gasteiger partial charge in [0.15, 0.2) is 6.29 Å². The summed E-state index contributed by atoms with van der Waals surface area (Å²) in [6, 6.07) is 5.99. The number of esters is 1. The number of carbonyl (C=O) groups is 3. The average molecular weight is 867 g/mol. The van der Waals surface area contributed by atoms with Crippen LogP contribution in [0.15, 0.2) is 53.5 Å². The maximum absolute atomic E-state index is 14.5. The lowest BCUT2D eigenvalue weighted by molar-refractivity contribution is -0.141. The molecule has 1 saturated carbocycles. The fraction of sp³-hybridized carbons (Fsp3) is 0.531. The van der Waals surface area contributed by atoms with Crippen LogP contribution in [-0.2, 0) is 43.3 Å². The van der Waals surface area contributed by atoms with Gasteiger partial charge in [0.1, 0.15) is 34.7 Å². The maximum Gasteiger partial charge on any atom is 0.375 e. The maximum atomic E-state index is 14.5.